The summed E-state index contributed by atoms with van der Waals surface area (Å²) in [5.74, 6) is 0.554. The second-order valence-corrected chi connectivity index (χ2v) is 8.43. The Bertz CT molecular complexity index is 1030. The molecule has 0 fully saturated rings. The van der Waals surface area contributed by atoms with Crippen LogP contribution in [0.2, 0.25) is 0 Å². The van der Waals surface area contributed by atoms with Gasteiger partial charge in [-0.1, -0.05) is 75.4 Å². The predicted octanol–water partition coefficient (Wildman–Crippen LogP) is 6.77. The maximum atomic E-state index is 9.76. The molecule has 0 unspecified atom stereocenters. The highest BCUT2D eigenvalue weighted by Gasteiger charge is 2.18. The van der Waals surface area contributed by atoms with E-state index in [4.69, 9.17) is 9.72 Å². The van der Waals surface area contributed by atoms with Crippen molar-refractivity contribution in [3.8, 4) is 17.0 Å². The number of allylic oxidation sites excluding steroid dienone is 1. The van der Waals surface area contributed by atoms with Crippen molar-refractivity contribution in [2.24, 2.45) is 0 Å². The summed E-state index contributed by atoms with van der Waals surface area (Å²) in [5.41, 5.74) is 8.78. The molecule has 156 valence electrons. The Morgan fingerprint density at radius 3 is 2.40 bits per heavy atom. The monoisotopic (exact) mass is 402 g/mol. The summed E-state index contributed by atoms with van der Waals surface area (Å²) in [5, 5.41) is 9.76. The van der Waals surface area contributed by atoms with Crippen LogP contribution in [0.5, 0.6) is 5.75 Å². The van der Waals surface area contributed by atoms with Gasteiger partial charge in [-0.05, 0) is 42.0 Å². The van der Waals surface area contributed by atoms with E-state index >= 15 is 0 Å². The van der Waals surface area contributed by atoms with Crippen LogP contribution in [0.4, 0.5) is 5.69 Å². The second-order valence-electron chi connectivity index (χ2n) is 8.43. The topological polar surface area (TPSA) is 54.4 Å². The molecule has 3 aromatic rings. The van der Waals surface area contributed by atoms with Gasteiger partial charge in [-0.3, -0.25) is 10.7 Å². The summed E-state index contributed by atoms with van der Waals surface area (Å²) < 4.78 is 6.08. The van der Waals surface area contributed by atoms with Crippen molar-refractivity contribution >= 4 is 11.8 Å². The summed E-state index contributed by atoms with van der Waals surface area (Å²) >= 11 is 0. The summed E-state index contributed by atoms with van der Waals surface area (Å²) in [4.78, 5) is 4.78. The third kappa shape index (κ3) is 4.89. The number of nitrogens with zero attached hydrogens (tertiary/aromatic N) is 1. The van der Waals surface area contributed by atoms with Crippen LogP contribution in [-0.4, -0.2) is 10.2 Å². The van der Waals surface area contributed by atoms with Crippen LogP contribution in [-0.2, 0) is 12.0 Å². The number of hydrogen-bond donors (Lipinski definition) is 2. The Labute approximate surface area is 179 Å². The molecule has 0 spiro atoms. The predicted molar refractivity (Wildman–Crippen MR) is 124 cm³/mol. The molecule has 0 atom stereocenters. The lowest BCUT2D eigenvalue weighted by molar-refractivity contribution is 0.301. The van der Waals surface area contributed by atoms with Gasteiger partial charge in [-0.15, -0.1) is 0 Å². The summed E-state index contributed by atoms with van der Waals surface area (Å²) in [7, 11) is 0. The van der Waals surface area contributed by atoms with Crippen molar-refractivity contribution in [1.29, 1.82) is 0 Å². The fourth-order valence-electron chi connectivity index (χ4n) is 3.34. The number of rotatable bonds is 6. The average molecular weight is 403 g/mol. The fourth-order valence-corrected chi connectivity index (χ4v) is 3.34. The number of pyridine rings is 1. The molecular weight excluding hydrogens is 372 g/mol. The minimum Gasteiger partial charge on any atom is -0.486 e. The first-order valence-electron chi connectivity index (χ1n) is 10.2. The van der Waals surface area contributed by atoms with Gasteiger partial charge in [-0.2, -0.15) is 0 Å². The maximum Gasteiger partial charge on any atom is 0.149 e. The smallest absolute Gasteiger partial charge is 0.149 e. The molecule has 0 saturated carbocycles. The lowest BCUT2D eigenvalue weighted by Crippen LogP contribution is -2.11. The molecule has 2 aromatic carbocycles. The molecule has 1 heterocycles. The molecule has 0 bridgehead atoms. The third-order valence-electron chi connectivity index (χ3n) is 5.05. The normalized spacial score (nSPS) is 11.7. The van der Waals surface area contributed by atoms with Gasteiger partial charge < -0.3 is 4.74 Å². The highest BCUT2D eigenvalue weighted by Crippen LogP contribution is 2.35. The van der Waals surface area contributed by atoms with E-state index in [-0.39, 0.29) is 5.41 Å². The lowest BCUT2D eigenvalue weighted by atomic mass is 9.85. The Morgan fingerprint density at radius 1 is 1.07 bits per heavy atom. The number of nitrogens with one attached hydrogen (secondary N) is 1. The van der Waals surface area contributed by atoms with Gasteiger partial charge in [0.15, 0.2) is 0 Å². The number of aromatic nitrogens is 1. The van der Waals surface area contributed by atoms with Crippen LogP contribution in [0.15, 0.2) is 60.7 Å². The van der Waals surface area contributed by atoms with Crippen LogP contribution in [0.3, 0.4) is 0 Å². The zero-order valence-corrected chi connectivity index (χ0v) is 18.4. The lowest BCUT2D eigenvalue weighted by Gasteiger charge is -2.21. The number of anilines is 1. The number of benzene rings is 2. The average Bonchev–Trinajstić information content (AvgIpc) is 2.72. The standard InChI is InChI=1S/C26H30N2O2/c1-6-10-22-25(28-29)24(30-17-19-11-8-7-9-12-19)16-23(27-22)21-14-13-20(15-18(21)2)26(3,4)5/h6-16,28-29H,17H2,1-5H3/b10-6-. The van der Waals surface area contributed by atoms with E-state index in [2.05, 4.69) is 51.4 Å². The molecule has 4 heteroatoms. The highest BCUT2D eigenvalue weighted by atomic mass is 16.5. The van der Waals surface area contributed by atoms with E-state index in [1.807, 2.05) is 55.5 Å². The van der Waals surface area contributed by atoms with Crippen LogP contribution < -0.4 is 10.2 Å². The van der Waals surface area contributed by atoms with Crippen molar-refractivity contribution < 1.29 is 9.94 Å². The minimum atomic E-state index is 0.0848. The van der Waals surface area contributed by atoms with E-state index in [0.29, 0.717) is 23.7 Å². The van der Waals surface area contributed by atoms with Gasteiger partial charge in [0, 0.05) is 11.6 Å². The number of aryl methyl sites for hydroxylation is 1. The molecular formula is C26H30N2O2. The van der Waals surface area contributed by atoms with Crippen LogP contribution in [0.25, 0.3) is 17.3 Å². The van der Waals surface area contributed by atoms with Crippen LogP contribution in [0, 0.1) is 6.92 Å². The van der Waals surface area contributed by atoms with E-state index in [1.165, 1.54) is 5.56 Å². The molecule has 1 aromatic heterocycles. The quantitative estimate of drug-likeness (QED) is 0.447. The first kappa shape index (κ1) is 21.6. The summed E-state index contributed by atoms with van der Waals surface area (Å²) in [6, 6.07) is 18.3. The van der Waals surface area contributed by atoms with Gasteiger partial charge in [0.25, 0.3) is 0 Å². The molecule has 0 aliphatic heterocycles. The van der Waals surface area contributed by atoms with E-state index in [1.54, 1.807) is 0 Å². The third-order valence-corrected chi connectivity index (χ3v) is 5.05. The van der Waals surface area contributed by atoms with Crippen molar-refractivity contribution in [3.63, 3.8) is 0 Å². The Hall–Kier alpha value is -3.11. The van der Waals surface area contributed by atoms with E-state index in [9.17, 15) is 5.21 Å². The van der Waals surface area contributed by atoms with Crippen molar-refractivity contribution in [2.75, 3.05) is 5.48 Å². The Kier molecular flexibility index (Phi) is 6.58. The van der Waals surface area contributed by atoms with Gasteiger partial charge in [0.2, 0.25) is 0 Å². The zero-order chi connectivity index (χ0) is 21.7. The van der Waals surface area contributed by atoms with Crippen LogP contribution in [0.1, 0.15) is 50.1 Å². The highest BCUT2D eigenvalue weighted by molar-refractivity contribution is 5.76. The fraction of sp³-hybridized carbons (Fsp3) is 0.269. The molecule has 3 rings (SSSR count). The minimum absolute atomic E-state index is 0.0848. The summed E-state index contributed by atoms with van der Waals surface area (Å²) in [6.45, 7) is 11.0. The van der Waals surface area contributed by atoms with E-state index < -0.39 is 0 Å². The molecule has 4 nitrogen and oxygen atoms in total. The molecule has 0 radical (unpaired) electrons. The first-order chi connectivity index (χ1) is 14.3. The van der Waals surface area contributed by atoms with Gasteiger partial charge >= 0.3 is 0 Å². The number of ether oxygens (including phenoxy) is 1. The first-order valence-corrected chi connectivity index (χ1v) is 10.2. The molecule has 0 aliphatic rings. The van der Waals surface area contributed by atoms with Gasteiger partial charge in [-0.25, -0.2) is 4.98 Å². The number of hydrogen-bond acceptors (Lipinski definition) is 4. The molecule has 30 heavy (non-hydrogen) atoms. The summed E-state index contributed by atoms with van der Waals surface area (Å²) in [6.07, 6.45) is 3.75. The van der Waals surface area contributed by atoms with Crippen molar-refractivity contribution in [2.45, 2.75) is 46.6 Å². The SMILES string of the molecule is C/C=C\c1nc(-c2ccc(C(C)(C)C)cc2C)cc(OCc2ccccc2)c1NO. The van der Waals surface area contributed by atoms with Gasteiger partial charge in [0.05, 0.1) is 11.4 Å². The molecule has 2 N–H and O–H groups in total. The van der Waals surface area contributed by atoms with Crippen molar-refractivity contribution in [1.82, 2.24) is 4.98 Å². The molecule has 0 amide bonds. The Morgan fingerprint density at radius 2 is 1.80 bits per heavy atom. The zero-order valence-electron chi connectivity index (χ0n) is 18.4. The van der Waals surface area contributed by atoms with E-state index in [0.717, 1.165) is 22.4 Å². The molecule has 0 saturated heterocycles. The maximum absolute atomic E-state index is 9.76. The Balaban J connectivity index is 2.05. The van der Waals surface area contributed by atoms with Crippen molar-refractivity contribution in [3.05, 3.63) is 83.1 Å². The van der Waals surface area contributed by atoms with Gasteiger partial charge in [0.1, 0.15) is 18.0 Å². The second kappa shape index (κ2) is 9.14. The molecule has 0 aliphatic carbocycles. The largest absolute Gasteiger partial charge is 0.486 e. The van der Waals surface area contributed by atoms with Crippen LogP contribution >= 0.6 is 0 Å².